The van der Waals surface area contributed by atoms with Crippen LogP contribution in [0, 0.1) is 11.3 Å². The highest BCUT2D eigenvalue weighted by molar-refractivity contribution is 5.92. The van der Waals surface area contributed by atoms with Gasteiger partial charge >= 0.3 is 0 Å². The third-order valence-electron chi connectivity index (χ3n) is 4.54. The summed E-state index contributed by atoms with van der Waals surface area (Å²) in [6, 6.07) is 3.84. The van der Waals surface area contributed by atoms with E-state index in [-0.39, 0.29) is 11.9 Å². The Morgan fingerprint density at radius 1 is 1.38 bits per heavy atom. The van der Waals surface area contributed by atoms with Crippen LogP contribution in [0.4, 0.5) is 5.82 Å². The SMILES string of the molecule is CN(C(=O)c1cc(C2CC2)on1)C1CN(c2nccnc2C#N)C1. The van der Waals surface area contributed by atoms with Crippen LogP contribution in [-0.2, 0) is 0 Å². The van der Waals surface area contributed by atoms with Crippen molar-refractivity contribution >= 4 is 11.7 Å². The quantitative estimate of drug-likeness (QED) is 0.832. The van der Waals surface area contributed by atoms with Gasteiger partial charge in [-0.3, -0.25) is 4.79 Å². The van der Waals surface area contributed by atoms with Gasteiger partial charge in [-0.25, -0.2) is 9.97 Å². The summed E-state index contributed by atoms with van der Waals surface area (Å²) in [6.45, 7) is 1.23. The van der Waals surface area contributed by atoms with Crippen molar-refractivity contribution in [3.8, 4) is 6.07 Å². The number of hydrogen-bond donors (Lipinski definition) is 0. The molecule has 0 spiro atoms. The summed E-state index contributed by atoms with van der Waals surface area (Å²) < 4.78 is 5.25. The number of nitriles is 1. The second kappa shape index (κ2) is 5.60. The molecule has 0 unspecified atom stereocenters. The second-order valence-electron chi connectivity index (χ2n) is 6.20. The highest BCUT2D eigenvalue weighted by Gasteiger charge is 2.36. The first-order valence-corrected chi connectivity index (χ1v) is 7.87. The van der Waals surface area contributed by atoms with Gasteiger partial charge in [0.15, 0.2) is 17.2 Å². The van der Waals surface area contributed by atoms with Gasteiger partial charge in [-0.15, -0.1) is 0 Å². The van der Waals surface area contributed by atoms with Crippen LogP contribution in [0.15, 0.2) is 23.0 Å². The fraction of sp³-hybridized carbons (Fsp3) is 0.438. The van der Waals surface area contributed by atoms with Crippen LogP contribution in [0.25, 0.3) is 0 Å². The molecule has 2 aromatic heterocycles. The average Bonchev–Trinajstić information content (AvgIpc) is 3.30. The lowest BCUT2D eigenvalue weighted by molar-refractivity contribution is 0.0694. The second-order valence-corrected chi connectivity index (χ2v) is 6.20. The van der Waals surface area contributed by atoms with E-state index in [4.69, 9.17) is 9.78 Å². The first-order chi connectivity index (χ1) is 11.7. The van der Waals surface area contributed by atoms with Crippen molar-refractivity contribution in [2.24, 2.45) is 0 Å². The van der Waals surface area contributed by atoms with E-state index in [2.05, 4.69) is 15.1 Å². The minimum absolute atomic E-state index is 0.0483. The van der Waals surface area contributed by atoms with Crippen LogP contribution in [0.3, 0.4) is 0 Å². The third kappa shape index (κ3) is 2.48. The molecule has 0 radical (unpaired) electrons. The Bertz CT molecular complexity index is 816. The molecule has 2 aromatic rings. The smallest absolute Gasteiger partial charge is 0.276 e. The molecule has 0 aromatic carbocycles. The minimum atomic E-state index is -0.144. The summed E-state index contributed by atoms with van der Waals surface area (Å²) in [5, 5.41) is 13.0. The fourth-order valence-corrected chi connectivity index (χ4v) is 2.81. The maximum Gasteiger partial charge on any atom is 0.276 e. The first-order valence-electron chi connectivity index (χ1n) is 7.87. The number of carbonyl (C=O) groups excluding carboxylic acids is 1. The monoisotopic (exact) mass is 324 g/mol. The van der Waals surface area contributed by atoms with Crippen LogP contribution < -0.4 is 4.90 Å². The molecule has 0 bridgehead atoms. The molecule has 1 saturated carbocycles. The summed E-state index contributed by atoms with van der Waals surface area (Å²) in [7, 11) is 1.76. The van der Waals surface area contributed by atoms with Crippen LogP contribution in [0.5, 0.6) is 0 Å². The van der Waals surface area contributed by atoms with E-state index < -0.39 is 0 Å². The molecule has 1 saturated heterocycles. The Labute approximate surface area is 138 Å². The van der Waals surface area contributed by atoms with E-state index >= 15 is 0 Å². The molecule has 2 fully saturated rings. The summed E-state index contributed by atoms with van der Waals surface area (Å²) >= 11 is 0. The largest absolute Gasteiger partial charge is 0.360 e. The van der Waals surface area contributed by atoms with Gasteiger partial charge in [-0.2, -0.15) is 5.26 Å². The molecule has 2 aliphatic rings. The number of nitrogens with zero attached hydrogens (tertiary/aromatic N) is 6. The first kappa shape index (κ1) is 14.6. The van der Waals surface area contributed by atoms with E-state index in [1.54, 1.807) is 24.2 Å². The molecule has 8 nitrogen and oxygen atoms in total. The van der Waals surface area contributed by atoms with Crippen molar-refractivity contribution in [2.75, 3.05) is 25.0 Å². The zero-order valence-electron chi connectivity index (χ0n) is 13.2. The van der Waals surface area contributed by atoms with Crippen LogP contribution in [-0.4, -0.2) is 52.1 Å². The predicted octanol–water partition coefficient (Wildman–Crippen LogP) is 1.17. The lowest BCUT2D eigenvalue weighted by Crippen LogP contribution is -2.60. The molecule has 1 aliphatic heterocycles. The summed E-state index contributed by atoms with van der Waals surface area (Å²) in [6.07, 6.45) is 5.27. The van der Waals surface area contributed by atoms with E-state index in [1.165, 1.54) is 6.20 Å². The van der Waals surface area contributed by atoms with Gasteiger partial charge in [0, 0.05) is 44.5 Å². The number of carbonyl (C=O) groups is 1. The van der Waals surface area contributed by atoms with Gasteiger partial charge in [-0.1, -0.05) is 5.16 Å². The molecule has 3 heterocycles. The van der Waals surface area contributed by atoms with Gasteiger partial charge in [0.1, 0.15) is 11.8 Å². The highest BCUT2D eigenvalue weighted by atomic mass is 16.5. The van der Waals surface area contributed by atoms with Gasteiger partial charge in [0.2, 0.25) is 0 Å². The molecule has 122 valence electrons. The normalized spacial score (nSPS) is 17.2. The molecule has 0 N–H and O–H groups in total. The van der Waals surface area contributed by atoms with Gasteiger partial charge in [0.05, 0.1) is 6.04 Å². The van der Waals surface area contributed by atoms with E-state index in [1.807, 2.05) is 11.0 Å². The minimum Gasteiger partial charge on any atom is -0.360 e. The van der Waals surface area contributed by atoms with Crippen molar-refractivity contribution in [1.82, 2.24) is 20.0 Å². The Hall–Kier alpha value is -2.95. The lowest BCUT2D eigenvalue weighted by atomic mass is 10.1. The Balaban J connectivity index is 1.40. The van der Waals surface area contributed by atoms with Crippen molar-refractivity contribution in [3.05, 3.63) is 35.6 Å². The molecular weight excluding hydrogens is 308 g/mol. The number of likely N-dealkylation sites (N-methyl/N-ethyl adjacent to an activating group) is 1. The zero-order chi connectivity index (χ0) is 16.7. The zero-order valence-corrected chi connectivity index (χ0v) is 13.2. The Morgan fingerprint density at radius 2 is 2.12 bits per heavy atom. The third-order valence-corrected chi connectivity index (χ3v) is 4.54. The molecule has 24 heavy (non-hydrogen) atoms. The molecule has 1 aliphatic carbocycles. The summed E-state index contributed by atoms with van der Waals surface area (Å²) in [5.74, 6) is 1.66. The number of hydrogen-bond acceptors (Lipinski definition) is 7. The number of anilines is 1. The molecule has 0 atom stereocenters. The van der Waals surface area contributed by atoms with Crippen LogP contribution >= 0.6 is 0 Å². The fourth-order valence-electron chi connectivity index (χ4n) is 2.81. The number of amides is 1. The highest BCUT2D eigenvalue weighted by Crippen LogP contribution is 2.40. The maximum atomic E-state index is 12.5. The summed E-state index contributed by atoms with van der Waals surface area (Å²) in [4.78, 5) is 24.3. The van der Waals surface area contributed by atoms with Crippen molar-refractivity contribution in [3.63, 3.8) is 0 Å². The topological polar surface area (TPSA) is 99.2 Å². The average molecular weight is 324 g/mol. The molecule has 8 heteroatoms. The maximum absolute atomic E-state index is 12.5. The Kier molecular flexibility index (Phi) is 3.41. The van der Waals surface area contributed by atoms with Gasteiger partial charge in [-0.05, 0) is 12.8 Å². The van der Waals surface area contributed by atoms with E-state index in [0.717, 1.165) is 18.6 Å². The Morgan fingerprint density at radius 3 is 2.83 bits per heavy atom. The van der Waals surface area contributed by atoms with Gasteiger partial charge < -0.3 is 14.3 Å². The van der Waals surface area contributed by atoms with E-state index in [9.17, 15) is 4.79 Å². The van der Waals surface area contributed by atoms with Gasteiger partial charge in [0.25, 0.3) is 5.91 Å². The van der Waals surface area contributed by atoms with Crippen molar-refractivity contribution < 1.29 is 9.32 Å². The predicted molar refractivity (Wildman–Crippen MR) is 83.3 cm³/mol. The molecule has 1 amide bonds. The lowest BCUT2D eigenvalue weighted by Gasteiger charge is -2.44. The molecule has 4 rings (SSSR count). The molecular formula is C16H16N6O2. The van der Waals surface area contributed by atoms with Crippen LogP contribution in [0.2, 0.25) is 0 Å². The number of rotatable bonds is 4. The number of aromatic nitrogens is 3. The van der Waals surface area contributed by atoms with Crippen molar-refractivity contribution in [1.29, 1.82) is 5.26 Å². The summed E-state index contributed by atoms with van der Waals surface area (Å²) in [5.41, 5.74) is 0.658. The van der Waals surface area contributed by atoms with E-state index in [0.29, 0.717) is 36.2 Å². The standard InChI is InChI=1S/C16H16N6O2/c1-21(16(23)12-6-14(24-20-12)10-2-3-10)11-8-22(9-11)15-13(7-17)18-4-5-19-15/h4-6,10-11H,2-3,8-9H2,1H3. The van der Waals surface area contributed by atoms with Crippen LogP contribution in [0.1, 0.15) is 40.7 Å². The van der Waals surface area contributed by atoms with Crippen molar-refractivity contribution in [2.45, 2.75) is 24.8 Å².